The molecule has 0 rings (SSSR count). The zero-order valence-electron chi connectivity index (χ0n) is 39.9. The van der Waals surface area contributed by atoms with Gasteiger partial charge in [0.2, 0.25) is 0 Å². The molecule has 0 aliphatic rings. The van der Waals surface area contributed by atoms with E-state index in [9.17, 15) is 14.4 Å². The van der Waals surface area contributed by atoms with Gasteiger partial charge in [0.15, 0.2) is 6.10 Å². The molecule has 0 N–H and O–H groups in total. The van der Waals surface area contributed by atoms with Crippen LogP contribution in [0.3, 0.4) is 0 Å². The highest BCUT2D eigenvalue weighted by molar-refractivity contribution is 5.71. The fourth-order valence-corrected chi connectivity index (χ4v) is 6.87. The molecule has 6 nitrogen and oxygen atoms in total. The van der Waals surface area contributed by atoms with E-state index in [1.54, 1.807) is 0 Å². The molecule has 1 unspecified atom stereocenters. The Labute approximate surface area is 376 Å². The Morgan fingerprint density at radius 2 is 0.639 bits per heavy atom. The van der Waals surface area contributed by atoms with Gasteiger partial charge in [0.05, 0.1) is 0 Å². The van der Waals surface area contributed by atoms with Gasteiger partial charge < -0.3 is 14.2 Å². The molecule has 61 heavy (non-hydrogen) atoms. The van der Waals surface area contributed by atoms with Crippen LogP contribution in [-0.4, -0.2) is 37.2 Å². The quantitative estimate of drug-likeness (QED) is 0.0263. The lowest BCUT2D eigenvalue weighted by Gasteiger charge is -2.18. The Morgan fingerprint density at radius 1 is 0.344 bits per heavy atom. The Hall–Kier alpha value is -3.15. The van der Waals surface area contributed by atoms with Gasteiger partial charge in [-0.2, -0.15) is 0 Å². The van der Waals surface area contributed by atoms with Crippen LogP contribution in [0.4, 0.5) is 0 Å². The van der Waals surface area contributed by atoms with E-state index in [4.69, 9.17) is 14.2 Å². The molecule has 0 aliphatic carbocycles. The minimum absolute atomic E-state index is 0.0861. The number of ether oxygens (including phenoxy) is 3. The van der Waals surface area contributed by atoms with E-state index >= 15 is 0 Å². The highest BCUT2D eigenvalue weighted by Crippen LogP contribution is 2.14. The van der Waals surface area contributed by atoms with Crippen LogP contribution in [-0.2, 0) is 28.6 Å². The Balaban J connectivity index is 4.37. The van der Waals surface area contributed by atoms with E-state index in [0.717, 1.165) is 116 Å². The van der Waals surface area contributed by atoms with Gasteiger partial charge >= 0.3 is 17.9 Å². The highest BCUT2D eigenvalue weighted by atomic mass is 16.6. The minimum atomic E-state index is -0.787. The smallest absolute Gasteiger partial charge is 0.306 e. The molecule has 0 radical (unpaired) electrons. The van der Waals surface area contributed by atoms with E-state index in [0.29, 0.717) is 19.3 Å². The molecular weight excluding hydrogens is 757 g/mol. The molecule has 0 aromatic carbocycles. The Kier molecular flexibility index (Phi) is 46.9. The fourth-order valence-electron chi connectivity index (χ4n) is 6.87. The first kappa shape index (κ1) is 57.9. The van der Waals surface area contributed by atoms with Gasteiger partial charge in [-0.1, -0.05) is 203 Å². The second-order valence-electron chi connectivity index (χ2n) is 16.7. The summed E-state index contributed by atoms with van der Waals surface area (Å²) in [4.78, 5) is 37.9. The highest BCUT2D eigenvalue weighted by Gasteiger charge is 2.19. The molecule has 0 saturated carbocycles. The number of allylic oxidation sites excluding steroid dienone is 12. The van der Waals surface area contributed by atoms with Crippen molar-refractivity contribution in [3.63, 3.8) is 0 Å². The predicted octanol–water partition coefficient (Wildman–Crippen LogP) is 16.6. The molecule has 0 saturated heterocycles. The maximum absolute atomic E-state index is 12.8. The predicted molar refractivity (Wildman–Crippen MR) is 261 cm³/mol. The number of esters is 3. The van der Waals surface area contributed by atoms with Crippen LogP contribution in [0.5, 0.6) is 0 Å². The second kappa shape index (κ2) is 49.5. The first-order chi connectivity index (χ1) is 30.0. The molecule has 0 fully saturated rings. The standard InChI is InChI=1S/C55H94O6/c1-4-7-10-13-16-19-21-23-25-26-27-28-30-31-33-36-39-42-45-48-54(57)60-51-52(50-59-53(56)47-44-41-38-35-18-15-12-9-6-3)61-55(58)49-46-43-40-37-34-32-29-24-22-20-17-14-11-8-5-2/h8,11,16-17,19-20,23-25,27-29,52H,4-7,9-10,12-15,18,21-22,26,30-51H2,1-3H3/b11-8-,19-16-,20-17-,25-23-,28-27-,29-24-. The lowest BCUT2D eigenvalue weighted by atomic mass is 10.1. The first-order valence-electron chi connectivity index (χ1n) is 25.4. The van der Waals surface area contributed by atoms with Crippen molar-refractivity contribution in [2.75, 3.05) is 13.2 Å². The number of unbranched alkanes of at least 4 members (excludes halogenated alkanes) is 22. The van der Waals surface area contributed by atoms with Gasteiger partial charge in [0.1, 0.15) is 13.2 Å². The van der Waals surface area contributed by atoms with E-state index in [-0.39, 0.29) is 31.1 Å². The van der Waals surface area contributed by atoms with Crippen LogP contribution in [0.25, 0.3) is 0 Å². The molecule has 0 amide bonds. The number of carbonyl (C=O) groups excluding carboxylic acids is 3. The van der Waals surface area contributed by atoms with Crippen LogP contribution >= 0.6 is 0 Å². The molecule has 0 spiro atoms. The first-order valence-corrected chi connectivity index (χ1v) is 25.4. The van der Waals surface area contributed by atoms with Gasteiger partial charge in [-0.25, -0.2) is 0 Å². The molecular formula is C55H94O6. The maximum Gasteiger partial charge on any atom is 0.306 e. The zero-order chi connectivity index (χ0) is 44.4. The van der Waals surface area contributed by atoms with Crippen molar-refractivity contribution < 1.29 is 28.6 Å². The summed E-state index contributed by atoms with van der Waals surface area (Å²) in [5, 5.41) is 0. The average Bonchev–Trinajstić information content (AvgIpc) is 3.26. The summed E-state index contributed by atoms with van der Waals surface area (Å²) in [5.74, 6) is -0.919. The zero-order valence-corrected chi connectivity index (χ0v) is 39.9. The molecule has 0 aromatic heterocycles. The van der Waals surface area contributed by atoms with Crippen molar-refractivity contribution in [2.45, 2.75) is 245 Å². The summed E-state index contributed by atoms with van der Waals surface area (Å²) in [6, 6.07) is 0. The number of hydrogen-bond donors (Lipinski definition) is 0. The van der Waals surface area contributed by atoms with Crippen molar-refractivity contribution in [1.82, 2.24) is 0 Å². The summed E-state index contributed by atoms with van der Waals surface area (Å²) in [5.41, 5.74) is 0. The maximum atomic E-state index is 12.8. The van der Waals surface area contributed by atoms with E-state index in [1.165, 1.54) is 83.5 Å². The van der Waals surface area contributed by atoms with Gasteiger partial charge in [-0.3, -0.25) is 14.4 Å². The van der Waals surface area contributed by atoms with Crippen LogP contribution in [0, 0.1) is 0 Å². The SMILES string of the molecule is CC/C=C\C/C=C\C/C=C\CCCCCCCC(=O)OC(COC(=O)CCCCCCCC/C=C\C/C=C\C/C=C\CCCCC)COC(=O)CCCCCCCCCCC. The molecule has 0 bridgehead atoms. The third-order valence-electron chi connectivity index (χ3n) is 10.7. The Morgan fingerprint density at radius 3 is 1.03 bits per heavy atom. The van der Waals surface area contributed by atoms with Crippen molar-refractivity contribution in [3.05, 3.63) is 72.9 Å². The number of rotatable bonds is 45. The topological polar surface area (TPSA) is 78.9 Å². The van der Waals surface area contributed by atoms with Crippen molar-refractivity contribution in [2.24, 2.45) is 0 Å². The molecule has 1 atom stereocenters. The van der Waals surface area contributed by atoms with Gasteiger partial charge in [-0.05, 0) is 89.9 Å². The lowest BCUT2D eigenvalue weighted by Crippen LogP contribution is -2.30. The van der Waals surface area contributed by atoms with E-state index in [1.807, 2.05) is 0 Å². The third kappa shape index (κ3) is 47.7. The van der Waals surface area contributed by atoms with Crippen molar-refractivity contribution >= 4 is 17.9 Å². The van der Waals surface area contributed by atoms with Gasteiger partial charge in [0.25, 0.3) is 0 Å². The third-order valence-corrected chi connectivity index (χ3v) is 10.7. The van der Waals surface area contributed by atoms with Crippen LogP contribution < -0.4 is 0 Å². The van der Waals surface area contributed by atoms with Crippen LogP contribution in [0.1, 0.15) is 239 Å². The normalized spacial score (nSPS) is 12.6. The fraction of sp³-hybridized carbons (Fsp3) is 0.727. The summed E-state index contributed by atoms with van der Waals surface area (Å²) in [7, 11) is 0. The molecule has 350 valence electrons. The van der Waals surface area contributed by atoms with E-state index in [2.05, 4.69) is 93.7 Å². The van der Waals surface area contributed by atoms with Gasteiger partial charge in [0, 0.05) is 19.3 Å². The second-order valence-corrected chi connectivity index (χ2v) is 16.7. The average molecular weight is 851 g/mol. The molecule has 0 heterocycles. The summed E-state index contributed by atoms with van der Waals surface area (Å²) >= 11 is 0. The van der Waals surface area contributed by atoms with E-state index < -0.39 is 6.10 Å². The minimum Gasteiger partial charge on any atom is -0.462 e. The van der Waals surface area contributed by atoms with Crippen LogP contribution in [0.2, 0.25) is 0 Å². The molecule has 0 aliphatic heterocycles. The molecule has 6 heteroatoms. The van der Waals surface area contributed by atoms with Crippen molar-refractivity contribution in [1.29, 1.82) is 0 Å². The summed E-state index contributed by atoms with van der Waals surface area (Å²) in [6.07, 6.45) is 61.7. The van der Waals surface area contributed by atoms with Crippen molar-refractivity contribution in [3.8, 4) is 0 Å². The Bertz CT molecular complexity index is 1160. The largest absolute Gasteiger partial charge is 0.462 e. The summed E-state index contributed by atoms with van der Waals surface area (Å²) < 4.78 is 16.7. The van der Waals surface area contributed by atoms with Crippen LogP contribution in [0.15, 0.2) is 72.9 Å². The number of hydrogen-bond acceptors (Lipinski definition) is 6. The monoisotopic (exact) mass is 851 g/mol. The lowest BCUT2D eigenvalue weighted by molar-refractivity contribution is -0.167. The summed E-state index contributed by atoms with van der Waals surface area (Å²) in [6.45, 7) is 6.45. The van der Waals surface area contributed by atoms with Gasteiger partial charge in [-0.15, -0.1) is 0 Å². The number of carbonyl (C=O) groups is 3. The molecule has 0 aromatic rings.